The maximum absolute atomic E-state index is 12.3. The van der Waals surface area contributed by atoms with Crippen LogP contribution in [0.2, 0.25) is 0 Å². The number of hydrogen-bond donors (Lipinski definition) is 1. The summed E-state index contributed by atoms with van der Waals surface area (Å²) in [6.45, 7) is 6.07. The summed E-state index contributed by atoms with van der Waals surface area (Å²) in [5.74, 6) is -0.180. The molecule has 1 saturated carbocycles. The zero-order valence-corrected chi connectivity index (χ0v) is 14.0. The highest BCUT2D eigenvalue weighted by Crippen LogP contribution is 2.61. The van der Waals surface area contributed by atoms with Gasteiger partial charge in [-0.2, -0.15) is 12.6 Å². The highest BCUT2D eigenvalue weighted by molar-refractivity contribution is 7.83. The Morgan fingerprint density at radius 2 is 1.86 bits per heavy atom. The van der Waals surface area contributed by atoms with Crippen LogP contribution in [0.25, 0.3) is 0 Å². The van der Waals surface area contributed by atoms with Gasteiger partial charge < -0.3 is 4.74 Å². The summed E-state index contributed by atoms with van der Waals surface area (Å²) in [4.78, 5) is 12.3. The molecule has 2 aliphatic carbocycles. The average molecular weight is 304 g/mol. The lowest BCUT2D eigenvalue weighted by Gasteiger charge is -2.21. The lowest BCUT2D eigenvalue weighted by atomic mass is 9.89. The van der Waals surface area contributed by atoms with Crippen LogP contribution in [0.15, 0.2) is 18.2 Å². The second-order valence-corrected chi connectivity index (χ2v) is 7.97. The van der Waals surface area contributed by atoms with Gasteiger partial charge in [-0.25, -0.2) is 0 Å². The number of carbonyl (C=O) groups excluding carboxylic acids is 1. The number of hydrogen-bond acceptors (Lipinski definition) is 3. The van der Waals surface area contributed by atoms with Crippen LogP contribution in [0, 0.1) is 5.41 Å². The van der Waals surface area contributed by atoms with E-state index < -0.39 is 4.75 Å². The minimum Gasteiger partial charge on any atom is -0.457 e. The van der Waals surface area contributed by atoms with Crippen LogP contribution >= 0.6 is 12.6 Å². The molecule has 0 spiro atoms. The fraction of sp³-hybridized carbons (Fsp3) is 0.611. The van der Waals surface area contributed by atoms with Crippen molar-refractivity contribution in [2.45, 2.75) is 63.7 Å². The van der Waals surface area contributed by atoms with Crippen molar-refractivity contribution >= 4 is 18.6 Å². The molecule has 0 aliphatic heterocycles. The SMILES string of the molecule is CC(OC(=O)C1(S)CC1(C)C)c1ccc2c(c1)CCCC2. The van der Waals surface area contributed by atoms with Crippen molar-refractivity contribution in [3.05, 3.63) is 34.9 Å². The van der Waals surface area contributed by atoms with Gasteiger partial charge in [0.25, 0.3) is 0 Å². The first-order valence-electron chi connectivity index (χ1n) is 7.89. The molecule has 2 aliphatic rings. The van der Waals surface area contributed by atoms with E-state index in [-0.39, 0.29) is 17.5 Å². The molecule has 0 saturated heterocycles. The van der Waals surface area contributed by atoms with Crippen molar-refractivity contribution in [2.75, 3.05) is 0 Å². The molecule has 114 valence electrons. The first kappa shape index (κ1) is 15.0. The quantitative estimate of drug-likeness (QED) is 0.667. The monoisotopic (exact) mass is 304 g/mol. The van der Waals surface area contributed by atoms with Crippen molar-refractivity contribution in [3.63, 3.8) is 0 Å². The molecule has 0 aromatic heterocycles. The van der Waals surface area contributed by atoms with Crippen molar-refractivity contribution in [1.82, 2.24) is 0 Å². The van der Waals surface area contributed by atoms with Crippen molar-refractivity contribution < 1.29 is 9.53 Å². The molecule has 3 rings (SSSR count). The zero-order valence-electron chi connectivity index (χ0n) is 13.1. The van der Waals surface area contributed by atoms with Gasteiger partial charge in [-0.15, -0.1) is 0 Å². The Balaban J connectivity index is 1.71. The van der Waals surface area contributed by atoms with Gasteiger partial charge in [0.15, 0.2) is 0 Å². The second-order valence-electron chi connectivity index (χ2n) is 7.20. The average Bonchev–Trinajstić information content (AvgIpc) is 2.98. The Morgan fingerprint density at radius 3 is 2.48 bits per heavy atom. The van der Waals surface area contributed by atoms with Gasteiger partial charge in [-0.3, -0.25) is 4.79 Å². The Morgan fingerprint density at radius 1 is 1.24 bits per heavy atom. The van der Waals surface area contributed by atoms with E-state index in [2.05, 4.69) is 44.7 Å². The Hall–Kier alpha value is -0.960. The summed E-state index contributed by atoms with van der Waals surface area (Å²) in [5, 5.41) is 0. The summed E-state index contributed by atoms with van der Waals surface area (Å²) < 4.78 is 5.07. The molecule has 1 fully saturated rings. The van der Waals surface area contributed by atoms with Crippen molar-refractivity contribution in [2.24, 2.45) is 5.41 Å². The molecule has 1 aromatic rings. The Kier molecular flexibility index (Phi) is 3.59. The number of ether oxygens (including phenoxy) is 1. The van der Waals surface area contributed by atoms with Crippen LogP contribution in [0.5, 0.6) is 0 Å². The van der Waals surface area contributed by atoms with Crippen molar-refractivity contribution in [1.29, 1.82) is 0 Å². The third kappa shape index (κ3) is 2.61. The fourth-order valence-corrected chi connectivity index (χ4v) is 3.72. The summed E-state index contributed by atoms with van der Waals surface area (Å²) in [6, 6.07) is 6.52. The molecule has 0 amide bonds. The molecule has 0 heterocycles. The lowest BCUT2D eigenvalue weighted by molar-refractivity contribution is -0.149. The van der Waals surface area contributed by atoms with E-state index in [4.69, 9.17) is 4.74 Å². The van der Waals surface area contributed by atoms with E-state index in [0.29, 0.717) is 0 Å². The molecule has 2 nitrogen and oxygen atoms in total. The topological polar surface area (TPSA) is 26.3 Å². The number of carbonyl (C=O) groups is 1. The van der Waals surface area contributed by atoms with Crippen molar-refractivity contribution in [3.8, 4) is 0 Å². The molecule has 1 aromatic carbocycles. The highest BCUT2D eigenvalue weighted by Gasteiger charge is 2.65. The fourth-order valence-electron chi connectivity index (χ4n) is 3.28. The maximum atomic E-state index is 12.3. The number of rotatable bonds is 3. The molecule has 0 bridgehead atoms. The minimum absolute atomic E-state index is 0.0528. The number of fused-ring (bicyclic) bond motifs is 1. The summed E-state index contributed by atoms with van der Waals surface area (Å²) >= 11 is 4.53. The third-order valence-corrected chi connectivity index (χ3v) is 6.10. The number of esters is 1. The zero-order chi connectivity index (χ0) is 15.3. The van der Waals surface area contributed by atoms with Gasteiger partial charge in [-0.05, 0) is 61.1 Å². The number of benzene rings is 1. The van der Waals surface area contributed by atoms with E-state index in [1.165, 1.54) is 30.4 Å². The maximum Gasteiger partial charge on any atom is 0.323 e. The van der Waals surface area contributed by atoms with E-state index >= 15 is 0 Å². The summed E-state index contributed by atoms with van der Waals surface area (Å²) in [6.07, 6.45) is 5.46. The van der Waals surface area contributed by atoms with E-state index in [0.717, 1.165) is 18.4 Å². The predicted molar refractivity (Wildman–Crippen MR) is 87.7 cm³/mol. The normalized spacial score (nSPS) is 27.6. The van der Waals surface area contributed by atoms with E-state index in [1.807, 2.05) is 6.92 Å². The summed E-state index contributed by atoms with van der Waals surface area (Å²) in [7, 11) is 0. The Bertz CT molecular complexity index is 579. The van der Waals surface area contributed by atoms with Gasteiger partial charge in [0, 0.05) is 0 Å². The molecule has 0 N–H and O–H groups in total. The van der Waals surface area contributed by atoms with Gasteiger partial charge in [0.05, 0.1) is 0 Å². The largest absolute Gasteiger partial charge is 0.457 e. The molecule has 2 atom stereocenters. The van der Waals surface area contributed by atoms with Crippen LogP contribution in [0.3, 0.4) is 0 Å². The third-order valence-electron chi connectivity index (χ3n) is 5.16. The Labute approximate surface area is 132 Å². The molecule has 21 heavy (non-hydrogen) atoms. The molecule has 2 unspecified atom stereocenters. The molecule has 3 heteroatoms. The van der Waals surface area contributed by atoms with Gasteiger partial charge in [0.1, 0.15) is 10.9 Å². The van der Waals surface area contributed by atoms with Crippen LogP contribution in [-0.4, -0.2) is 10.7 Å². The van der Waals surface area contributed by atoms with Crippen LogP contribution in [0.1, 0.15) is 62.8 Å². The standard InChI is InChI=1S/C18H24O2S/c1-12(20-16(19)18(21)11-17(18,2)3)14-9-8-13-6-4-5-7-15(13)10-14/h8-10,12,21H,4-7,11H2,1-3H3. The smallest absolute Gasteiger partial charge is 0.323 e. The number of aryl methyl sites for hydroxylation is 2. The van der Waals surface area contributed by atoms with E-state index in [9.17, 15) is 4.79 Å². The second kappa shape index (κ2) is 5.05. The predicted octanol–water partition coefficient (Wildman–Crippen LogP) is 4.27. The summed E-state index contributed by atoms with van der Waals surface area (Å²) in [5.41, 5.74) is 3.92. The van der Waals surface area contributed by atoms with Gasteiger partial charge in [0.2, 0.25) is 0 Å². The van der Waals surface area contributed by atoms with E-state index in [1.54, 1.807) is 0 Å². The first-order valence-corrected chi connectivity index (χ1v) is 8.33. The first-order chi connectivity index (χ1) is 9.83. The van der Waals surface area contributed by atoms with Crippen LogP contribution < -0.4 is 0 Å². The molecular weight excluding hydrogens is 280 g/mol. The van der Waals surface area contributed by atoms with Gasteiger partial charge >= 0.3 is 5.97 Å². The molecule has 0 radical (unpaired) electrons. The van der Waals surface area contributed by atoms with Crippen LogP contribution in [0.4, 0.5) is 0 Å². The van der Waals surface area contributed by atoms with Crippen LogP contribution in [-0.2, 0) is 22.4 Å². The lowest BCUT2D eigenvalue weighted by Crippen LogP contribution is -2.25. The number of thiol groups is 1. The highest BCUT2D eigenvalue weighted by atomic mass is 32.1. The molecular formula is C18H24O2S. The minimum atomic E-state index is -0.602. The van der Waals surface area contributed by atoms with Gasteiger partial charge in [-0.1, -0.05) is 32.0 Å².